The van der Waals surface area contributed by atoms with Crippen LogP contribution in [0, 0.1) is 24.1 Å². The molecule has 0 saturated heterocycles. The van der Waals surface area contributed by atoms with E-state index in [0.29, 0.717) is 5.01 Å². The molecule has 0 spiro atoms. The minimum Gasteiger partial charge on any atom is -0.226 e. The van der Waals surface area contributed by atoms with Gasteiger partial charge in [-0.05, 0) is 31.2 Å². The molecule has 0 aliphatic carbocycles. The molecule has 1 heterocycles. The summed E-state index contributed by atoms with van der Waals surface area (Å²) in [7, 11) is 0. The fraction of sp³-hybridized carbons (Fsp3) is 0.0909. The van der Waals surface area contributed by atoms with Crippen molar-refractivity contribution in [2.45, 2.75) is 6.92 Å². The Hall–Kier alpha value is -1.73. The van der Waals surface area contributed by atoms with Crippen molar-refractivity contribution in [1.82, 2.24) is 4.98 Å². The first-order valence-corrected chi connectivity index (χ1v) is 5.16. The molecule has 0 unspecified atom stereocenters. The normalized spacial score (nSPS) is 9.93. The van der Waals surface area contributed by atoms with Crippen molar-refractivity contribution in [3.8, 4) is 17.3 Å². The molecule has 0 aliphatic heterocycles. The highest BCUT2D eigenvalue weighted by atomic mass is 32.1. The fourth-order valence-corrected chi connectivity index (χ4v) is 2.05. The van der Waals surface area contributed by atoms with Crippen LogP contribution in [0.1, 0.15) is 9.88 Å². The summed E-state index contributed by atoms with van der Waals surface area (Å²) in [5.41, 5.74) is 1.60. The molecule has 0 saturated carbocycles. The number of aryl methyl sites for hydroxylation is 1. The number of rotatable bonds is 1. The lowest BCUT2D eigenvalue weighted by molar-refractivity contribution is 0.628. The standard InChI is InChI=1S/C11H7FN2S/c1-7-11(14-10(6-13)15-7)8-2-4-9(12)5-3-8/h2-5H,1H3. The molecule has 1 aromatic heterocycles. The third-order valence-electron chi connectivity index (χ3n) is 2.01. The van der Waals surface area contributed by atoms with E-state index in [2.05, 4.69) is 4.98 Å². The number of aromatic nitrogens is 1. The number of nitriles is 1. The van der Waals surface area contributed by atoms with Gasteiger partial charge in [0.25, 0.3) is 0 Å². The van der Waals surface area contributed by atoms with Gasteiger partial charge in [-0.25, -0.2) is 9.37 Å². The van der Waals surface area contributed by atoms with E-state index in [9.17, 15) is 4.39 Å². The highest BCUT2D eigenvalue weighted by Gasteiger charge is 2.08. The summed E-state index contributed by atoms with van der Waals surface area (Å²) in [4.78, 5) is 5.13. The zero-order valence-corrected chi connectivity index (χ0v) is 8.81. The van der Waals surface area contributed by atoms with Crippen LogP contribution in [0.3, 0.4) is 0 Å². The van der Waals surface area contributed by atoms with Crippen LogP contribution in [-0.4, -0.2) is 4.98 Å². The maximum absolute atomic E-state index is 12.7. The van der Waals surface area contributed by atoms with Crippen LogP contribution in [0.4, 0.5) is 4.39 Å². The van der Waals surface area contributed by atoms with E-state index in [0.717, 1.165) is 16.1 Å². The molecular formula is C11H7FN2S. The van der Waals surface area contributed by atoms with Gasteiger partial charge in [0.05, 0.1) is 5.69 Å². The summed E-state index contributed by atoms with van der Waals surface area (Å²) in [6, 6.07) is 8.11. The molecule has 0 aliphatic rings. The minimum absolute atomic E-state index is 0.271. The van der Waals surface area contributed by atoms with E-state index < -0.39 is 0 Å². The quantitative estimate of drug-likeness (QED) is 0.737. The lowest BCUT2D eigenvalue weighted by Crippen LogP contribution is -1.81. The molecule has 0 fully saturated rings. The van der Waals surface area contributed by atoms with Crippen LogP contribution in [0.25, 0.3) is 11.3 Å². The second-order valence-electron chi connectivity index (χ2n) is 3.04. The Morgan fingerprint density at radius 2 is 2.00 bits per heavy atom. The summed E-state index contributed by atoms with van der Waals surface area (Å²) in [5, 5.41) is 9.14. The van der Waals surface area contributed by atoms with E-state index in [-0.39, 0.29) is 5.82 Å². The molecule has 0 atom stereocenters. The monoisotopic (exact) mass is 218 g/mol. The van der Waals surface area contributed by atoms with Crippen molar-refractivity contribution in [3.63, 3.8) is 0 Å². The summed E-state index contributed by atoms with van der Waals surface area (Å²) in [6.45, 7) is 1.90. The van der Waals surface area contributed by atoms with E-state index in [1.807, 2.05) is 13.0 Å². The molecule has 0 radical (unpaired) electrons. The fourth-order valence-electron chi connectivity index (χ4n) is 1.32. The largest absolute Gasteiger partial charge is 0.226 e. The van der Waals surface area contributed by atoms with E-state index in [1.165, 1.54) is 23.5 Å². The summed E-state index contributed by atoms with van der Waals surface area (Å²) in [5.74, 6) is -0.271. The predicted octanol–water partition coefficient (Wildman–Crippen LogP) is 3.13. The van der Waals surface area contributed by atoms with Crippen LogP contribution in [0.5, 0.6) is 0 Å². The Balaban J connectivity index is 2.50. The maximum atomic E-state index is 12.7. The molecule has 15 heavy (non-hydrogen) atoms. The average molecular weight is 218 g/mol. The number of hydrogen-bond acceptors (Lipinski definition) is 3. The van der Waals surface area contributed by atoms with Crippen molar-refractivity contribution in [1.29, 1.82) is 5.26 Å². The number of benzene rings is 1. The molecular weight excluding hydrogens is 211 g/mol. The smallest absolute Gasteiger partial charge is 0.195 e. The lowest BCUT2D eigenvalue weighted by Gasteiger charge is -1.97. The van der Waals surface area contributed by atoms with Crippen LogP contribution >= 0.6 is 11.3 Å². The van der Waals surface area contributed by atoms with Crippen molar-refractivity contribution in [2.75, 3.05) is 0 Å². The molecule has 1 aromatic carbocycles. The van der Waals surface area contributed by atoms with Crippen LogP contribution < -0.4 is 0 Å². The third kappa shape index (κ3) is 1.88. The third-order valence-corrected chi connectivity index (χ3v) is 2.89. The molecule has 0 amide bonds. The van der Waals surface area contributed by atoms with Gasteiger partial charge in [0.15, 0.2) is 5.01 Å². The highest BCUT2D eigenvalue weighted by molar-refractivity contribution is 7.12. The van der Waals surface area contributed by atoms with Crippen molar-refractivity contribution in [2.24, 2.45) is 0 Å². The van der Waals surface area contributed by atoms with Gasteiger partial charge in [0, 0.05) is 10.4 Å². The first kappa shape index (κ1) is 9.81. The zero-order chi connectivity index (χ0) is 10.8. The summed E-state index contributed by atoms with van der Waals surface area (Å²) < 4.78 is 12.7. The minimum atomic E-state index is -0.271. The Bertz CT molecular complexity index is 523. The van der Waals surface area contributed by atoms with E-state index in [4.69, 9.17) is 5.26 Å². The van der Waals surface area contributed by atoms with E-state index >= 15 is 0 Å². The average Bonchev–Trinajstić information content (AvgIpc) is 2.61. The second-order valence-corrected chi connectivity index (χ2v) is 4.25. The summed E-state index contributed by atoms with van der Waals surface area (Å²) >= 11 is 1.35. The Morgan fingerprint density at radius 1 is 1.33 bits per heavy atom. The Kier molecular flexibility index (Phi) is 2.48. The molecule has 0 N–H and O–H groups in total. The van der Waals surface area contributed by atoms with Gasteiger partial charge in [0.1, 0.15) is 11.9 Å². The van der Waals surface area contributed by atoms with Crippen LogP contribution in [0.2, 0.25) is 0 Å². The Labute approximate surface area is 90.6 Å². The Morgan fingerprint density at radius 3 is 2.53 bits per heavy atom. The topological polar surface area (TPSA) is 36.7 Å². The molecule has 4 heteroatoms. The SMILES string of the molecule is Cc1sc(C#N)nc1-c1ccc(F)cc1. The first-order valence-electron chi connectivity index (χ1n) is 4.34. The zero-order valence-electron chi connectivity index (χ0n) is 7.99. The van der Waals surface area contributed by atoms with Crippen molar-refractivity contribution >= 4 is 11.3 Å². The van der Waals surface area contributed by atoms with Gasteiger partial charge in [-0.3, -0.25) is 0 Å². The van der Waals surface area contributed by atoms with Gasteiger partial charge in [0.2, 0.25) is 0 Å². The molecule has 0 bridgehead atoms. The van der Waals surface area contributed by atoms with Crippen molar-refractivity contribution < 1.29 is 4.39 Å². The second kappa shape index (κ2) is 3.79. The van der Waals surface area contributed by atoms with E-state index in [1.54, 1.807) is 12.1 Å². The van der Waals surface area contributed by atoms with Gasteiger partial charge < -0.3 is 0 Å². The van der Waals surface area contributed by atoms with Gasteiger partial charge >= 0.3 is 0 Å². The molecule has 2 rings (SSSR count). The van der Waals surface area contributed by atoms with Crippen LogP contribution in [0.15, 0.2) is 24.3 Å². The summed E-state index contributed by atoms with van der Waals surface area (Å²) in [6.07, 6.45) is 0. The van der Waals surface area contributed by atoms with Crippen molar-refractivity contribution in [3.05, 3.63) is 40.0 Å². The lowest BCUT2D eigenvalue weighted by atomic mass is 10.1. The van der Waals surface area contributed by atoms with Gasteiger partial charge in [-0.2, -0.15) is 5.26 Å². The van der Waals surface area contributed by atoms with Gasteiger partial charge in [-0.15, -0.1) is 11.3 Å². The molecule has 74 valence electrons. The predicted molar refractivity (Wildman–Crippen MR) is 57.0 cm³/mol. The maximum Gasteiger partial charge on any atom is 0.195 e. The van der Waals surface area contributed by atoms with Crippen LogP contribution in [-0.2, 0) is 0 Å². The number of halogens is 1. The van der Waals surface area contributed by atoms with Gasteiger partial charge in [-0.1, -0.05) is 0 Å². The molecule has 2 nitrogen and oxygen atoms in total. The molecule has 2 aromatic rings. The first-order chi connectivity index (χ1) is 7.20. The number of thiazole rings is 1. The number of nitrogens with zero attached hydrogens (tertiary/aromatic N) is 2. The highest BCUT2D eigenvalue weighted by Crippen LogP contribution is 2.27. The number of hydrogen-bond donors (Lipinski definition) is 0.